The van der Waals surface area contributed by atoms with Gasteiger partial charge in [-0.1, -0.05) is 24.3 Å². The number of anilines is 1. The number of ether oxygens (including phenoxy) is 1. The Morgan fingerprint density at radius 2 is 1.73 bits per heavy atom. The Hall–Kier alpha value is -4.58. The number of aromatic amines is 1. The summed E-state index contributed by atoms with van der Waals surface area (Å²) < 4.78 is 5.65. The highest BCUT2D eigenvalue weighted by Crippen LogP contribution is 2.30. The van der Waals surface area contributed by atoms with Gasteiger partial charge < -0.3 is 25.7 Å². The number of carbonyl (C=O) groups is 2. The minimum Gasteiger partial charge on any atom is -0.489 e. The van der Waals surface area contributed by atoms with E-state index < -0.39 is 34.4 Å². The van der Waals surface area contributed by atoms with Crippen LogP contribution in [0.3, 0.4) is 0 Å². The third-order valence-electron chi connectivity index (χ3n) is 4.28. The average molecular weight is 405 g/mol. The van der Waals surface area contributed by atoms with Gasteiger partial charge in [0, 0.05) is 5.56 Å². The molecule has 0 saturated carbocycles. The van der Waals surface area contributed by atoms with Gasteiger partial charge in [-0.3, -0.25) is 4.79 Å². The smallest absolute Gasteiger partial charge is 0.342 e. The fourth-order valence-corrected chi connectivity index (χ4v) is 2.95. The summed E-state index contributed by atoms with van der Waals surface area (Å²) in [5.74, 6) is -3.07. The monoisotopic (exact) mass is 405 g/mol. The van der Waals surface area contributed by atoms with Crippen molar-refractivity contribution in [3.63, 3.8) is 0 Å². The van der Waals surface area contributed by atoms with Gasteiger partial charge in [0.25, 0.3) is 5.56 Å². The van der Waals surface area contributed by atoms with Crippen LogP contribution in [0.25, 0.3) is 11.1 Å². The number of hydrogen-bond acceptors (Lipinski definition) is 6. The van der Waals surface area contributed by atoms with E-state index in [1.165, 1.54) is 24.3 Å². The topological polar surface area (TPSA) is 166 Å². The molecular weight excluding hydrogens is 390 g/mol. The molecule has 3 aromatic rings. The summed E-state index contributed by atoms with van der Waals surface area (Å²) in [5, 5.41) is 27.8. The zero-order valence-corrected chi connectivity index (χ0v) is 15.4. The van der Waals surface area contributed by atoms with Crippen LogP contribution in [0.15, 0.2) is 53.3 Å². The van der Waals surface area contributed by atoms with E-state index in [1.807, 2.05) is 6.07 Å². The number of nitrogens with zero attached hydrogens (tertiary/aromatic N) is 1. The van der Waals surface area contributed by atoms with E-state index in [0.717, 1.165) is 5.56 Å². The lowest BCUT2D eigenvalue weighted by Gasteiger charge is -2.13. The highest BCUT2D eigenvalue weighted by atomic mass is 16.5. The maximum Gasteiger partial charge on any atom is 0.342 e. The second-order valence-electron chi connectivity index (χ2n) is 6.23. The summed E-state index contributed by atoms with van der Waals surface area (Å²) in [6, 6.07) is 14.8. The van der Waals surface area contributed by atoms with Crippen LogP contribution >= 0.6 is 0 Å². The minimum atomic E-state index is -1.58. The Kier molecular flexibility index (Phi) is 5.51. The summed E-state index contributed by atoms with van der Waals surface area (Å²) in [7, 11) is 0. The number of hydrogen-bond donors (Lipinski definition) is 4. The maximum absolute atomic E-state index is 12.1. The summed E-state index contributed by atoms with van der Waals surface area (Å²) in [4.78, 5) is 37.3. The van der Waals surface area contributed by atoms with Crippen molar-refractivity contribution in [3.05, 3.63) is 81.1 Å². The first kappa shape index (κ1) is 20.2. The van der Waals surface area contributed by atoms with E-state index in [0.29, 0.717) is 11.3 Å². The van der Waals surface area contributed by atoms with Crippen LogP contribution in [0.5, 0.6) is 5.75 Å². The fraction of sp³-hybridized carbons (Fsp3) is 0.0476. The van der Waals surface area contributed by atoms with Gasteiger partial charge in [-0.15, -0.1) is 0 Å². The minimum absolute atomic E-state index is 0.182. The standard InChI is InChI=1S/C21H15N3O6/c22-9-11-2-1-3-12(8-11)10-30-14-6-4-13(5-7-14)15-16(20(26)27)18(23)24-19(25)17(15)21(28)29/h1-8H,10H2,(H,26,27)(H,28,29)(H3,23,24,25). The first-order chi connectivity index (χ1) is 14.3. The number of nitrogens with two attached hydrogens (primary N) is 1. The van der Waals surface area contributed by atoms with Crippen LogP contribution in [0.2, 0.25) is 0 Å². The molecule has 2 aromatic carbocycles. The molecule has 9 nitrogen and oxygen atoms in total. The predicted octanol–water partition coefficient (Wildman–Crippen LogP) is 2.47. The Bertz CT molecular complexity index is 1240. The lowest BCUT2D eigenvalue weighted by Crippen LogP contribution is -2.24. The number of carboxylic acid groups (broad SMARTS) is 2. The highest BCUT2D eigenvalue weighted by Gasteiger charge is 2.26. The van der Waals surface area contributed by atoms with E-state index >= 15 is 0 Å². The van der Waals surface area contributed by atoms with E-state index in [9.17, 15) is 24.6 Å². The Balaban J connectivity index is 1.96. The molecule has 9 heteroatoms. The van der Waals surface area contributed by atoms with Gasteiger partial charge in [0.15, 0.2) is 0 Å². The number of aromatic nitrogens is 1. The molecule has 0 bridgehead atoms. The molecule has 0 aliphatic carbocycles. The van der Waals surface area contributed by atoms with Gasteiger partial charge in [-0.05, 0) is 35.4 Å². The molecule has 150 valence electrons. The predicted molar refractivity (Wildman–Crippen MR) is 106 cm³/mol. The van der Waals surface area contributed by atoms with Gasteiger partial charge in [-0.2, -0.15) is 5.26 Å². The van der Waals surface area contributed by atoms with Crippen LogP contribution in [-0.2, 0) is 6.61 Å². The van der Waals surface area contributed by atoms with Crippen molar-refractivity contribution in [2.45, 2.75) is 6.61 Å². The summed E-state index contributed by atoms with van der Waals surface area (Å²) in [5.41, 5.74) is 4.57. The quantitative estimate of drug-likeness (QED) is 0.485. The number of aromatic carboxylic acids is 2. The van der Waals surface area contributed by atoms with E-state index in [2.05, 4.69) is 4.98 Å². The molecule has 0 amide bonds. The summed E-state index contributed by atoms with van der Waals surface area (Å²) in [6.07, 6.45) is 0. The second-order valence-corrected chi connectivity index (χ2v) is 6.23. The molecule has 0 fully saturated rings. The Labute approximate surface area is 169 Å². The van der Waals surface area contributed by atoms with E-state index in [4.69, 9.17) is 15.7 Å². The van der Waals surface area contributed by atoms with Crippen molar-refractivity contribution in [1.29, 1.82) is 5.26 Å². The number of H-pyrrole nitrogens is 1. The Morgan fingerprint density at radius 3 is 2.33 bits per heavy atom. The molecule has 1 aromatic heterocycles. The molecule has 0 aliphatic rings. The molecule has 0 atom stereocenters. The molecule has 1 heterocycles. The molecule has 30 heavy (non-hydrogen) atoms. The zero-order valence-electron chi connectivity index (χ0n) is 15.4. The molecule has 5 N–H and O–H groups in total. The highest BCUT2D eigenvalue weighted by molar-refractivity contribution is 6.07. The van der Waals surface area contributed by atoms with Gasteiger partial charge in [0.05, 0.1) is 11.6 Å². The average Bonchev–Trinajstić information content (AvgIpc) is 2.71. The van der Waals surface area contributed by atoms with Crippen LogP contribution < -0.4 is 16.0 Å². The molecule has 0 radical (unpaired) electrons. The number of rotatable bonds is 6. The van der Waals surface area contributed by atoms with Crippen molar-refractivity contribution < 1.29 is 24.5 Å². The normalized spacial score (nSPS) is 10.2. The first-order valence-electron chi connectivity index (χ1n) is 8.56. The van der Waals surface area contributed by atoms with E-state index in [1.54, 1.807) is 24.3 Å². The molecule has 0 aliphatic heterocycles. The third-order valence-corrected chi connectivity index (χ3v) is 4.28. The largest absolute Gasteiger partial charge is 0.489 e. The number of nitriles is 1. The number of pyridine rings is 1. The number of nitrogens with one attached hydrogen (secondary N) is 1. The number of nitrogen functional groups attached to an aromatic ring is 1. The van der Waals surface area contributed by atoms with E-state index in [-0.39, 0.29) is 17.7 Å². The van der Waals surface area contributed by atoms with Crippen molar-refractivity contribution in [2.24, 2.45) is 0 Å². The SMILES string of the molecule is N#Cc1cccc(COc2ccc(-c3c(C(=O)O)c(N)[nH]c(=O)c3C(=O)O)cc2)c1. The fourth-order valence-electron chi connectivity index (χ4n) is 2.95. The van der Waals surface area contributed by atoms with Crippen LogP contribution in [0.1, 0.15) is 31.8 Å². The third kappa shape index (κ3) is 3.98. The second kappa shape index (κ2) is 8.20. The van der Waals surface area contributed by atoms with Gasteiger partial charge in [0.1, 0.15) is 29.3 Å². The Morgan fingerprint density at radius 1 is 1.07 bits per heavy atom. The molecule has 0 saturated heterocycles. The molecule has 3 rings (SSSR count). The summed E-state index contributed by atoms with van der Waals surface area (Å²) in [6.45, 7) is 0.188. The first-order valence-corrected chi connectivity index (χ1v) is 8.56. The molecule has 0 spiro atoms. The summed E-state index contributed by atoms with van der Waals surface area (Å²) >= 11 is 0. The van der Waals surface area contributed by atoms with Gasteiger partial charge >= 0.3 is 11.9 Å². The molecule has 0 unspecified atom stereocenters. The van der Waals surface area contributed by atoms with Crippen LogP contribution in [-0.4, -0.2) is 27.1 Å². The maximum atomic E-state index is 12.1. The van der Waals surface area contributed by atoms with Crippen molar-refractivity contribution in [1.82, 2.24) is 4.98 Å². The van der Waals surface area contributed by atoms with Crippen LogP contribution in [0, 0.1) is 11.3 Å². The number of benzene rings is 2. The number of carboxylic acids is 2. The van der Waals surface area contributed by atoms with Crippen molar-refractivity contribution >= 4 is 17.8 Å². The van der Waals surface area contributed by atoms with Crippen molar-refractivity contribution in [3.8, 4) is 22.9 Å². The van der Waals surface area contributed by atoms with Gasteiger partial charge in [0.2, 0.25) is 0 Å². The lowest BCUT2D eigenvalue weighted by molar-refractivity contribution is 0.0695. The van der Waals surface area contributed by atoms with Crippen LogP contribution in [0.4, 0.5) is 5.82 Å². The van der Waals surface area contributed by atoms with Gasteiger partial charge in [-0.25, -0.2) is 9.59 Å². The lowest BCUT2D eigenvalue weighted by atomic mass is 9.95. The molecular formula is C21H15N3O6. The zero-order chi connectivity index (χ0) is 21.8. The van der Waals surface area contributed by atoms with Crippen molar-refractivity contribution in [2.75, 3.05) is 5.73 Å².